The number of carbonyl (C=O) groups is 3. The second kappa shape index (κ2) is 7.86. The van der Waals surface area contributed by atoms with Crippen molar-refractivity contribution >= 4 is 17.9 Å². The molecule has 3 N–H and O–H groups in total. The number of primary amides is 1. The molecule has 1 aliphatic heterocycles. The highest BCUT2D eigenvalue weighted by molar-refractivity contribution is 5.86. The quantitative estimate of drug-likeness (QED) is 0.746. The van der Waals surface area contributed by atoms with Gasteiger partial charge in [0.2, 0.25) is 11.8 Å². The maximum absolute atomic E-state index is 13.7. The van der Waals surface area contributed by atoms with E-state index in [9.17, 15) is 27.6 Å². The standard InChI is InChI=1S/C15H16F3N3O4/c16-10-6-12(18)11(17)4-8(10)3-9(25-15(19)24)5-14(23)21-2-1-20-13(22)7-21/h4,6,9H,1-3,5,7H2,(H2,19,24)(H,20,22). The third kappa shape index (κ3) is 5.10. The van der Waals surface area contributed by atoms with Gasteiger partial charge in [-0.1, -0.05) is 0 Å². The molecule has 10 heteroatoms. The fourth-order valence-electron chi connectivity index (χ4n) is 2.46. The molecule has 0 bridgehead atoms. The van der Waals surface area contributed by atoms with Crippen LogP contribution in [0.1, 0.15) is 12.0 Å². The molecule has 0 radical (unpaired) electrons. The highest BCUT2D eigenvalue weighted by atomic mass is 19.2. The summed E-state index contributed by atoms with van der Waals surface area (Å²) in [5, 5.41) is 2.55. The molecular weight excluding hydrogens is 343 g/mol. The lowest BCUT2D eigenvalue weighted by atomic mass is 10.0. The first-order valence-corrected chi connectivity index (χ1v) is 7.40. The van der Waals surface area contributed by atoms with E-state index in [1.807, 2.05) is 0 Å². The molecule has 2 rings (SSSR count). The molecule has 25 heavy (non-hydrogen) atoms. The van der Waals surface area contributed by atoms with Crippen LogP contribution < -0.4 is 11.1 Å². The number of nitrogens with two attached hydrogens (primary N) is 1. The number of halogens is 3. The van der Waals surface area contributed by atoms with E-state index in [1.165, 1.54) is 4.90 Å². The Morgan fingerprint density at radius 3 is 2.56 bits per heavy atom. The molecule has 3 amide bonds. The van der Waals surface area contributed by atoms with Crippen molar-refractivity contribution in [3.63, 3.8) is 0 Å². The molecular formula is C15H16F3N3O4. The maximum Gasteiger partial charge on any atom is 0.404 e. The molecule has 1 aliphatic rings. The molecule has 1 unspecified atom stereocenters. The van der Waals surface area contributed by atoms with Crippen LogP contribution in [-0.2, 0) is 20.7 Å². The molecule has 0 aliphatic carbocycles. The van der Waals surface area contributed by atoms with Crippen LogP contribution >= 0.6 is 0 Å². The van der Waals surface area contributed by atoms with Gasteiger partial charge in [-0.25, -0.2) is 18.0 Å². The molecule has 0 spiro atoms. The van der Waals surface area contributed by atoms with Crippen LogP contribution in [-0.4, -0.2) is 48.5 Å². The highest BCUT2D eigenvalue weighted by Gasteiger charge is 2.26. The van der Waals surface area contributed by atoms with Crippen LogP contribution in [0.15, 0.2) is 12.1 Å². The Balaban J connectivity index is 2.10. The second-order valence-electron chi connectivity index (χ2n) is 5.49. The van der Waals surface area contributed by atoms with Crippen molar-refractivity contribution in [1.29, 1.82) is 0 Å². The van der Waals surface area contributed by atoms with Gasteiger partial charge in [-0.2, -0.15) is 0 Å². The summed E-state index contributed by atoms with van der Waals surface area (Å²) in [6, 6.07) is 0.990. The summed E-state index contributed by atoms with van der Waals surface area (Å²) in [5.74, 6) is -4.51. The molecule has 1 saturated heterocycles. The predicted molar refractivity (Wildman–Crippen MR) is 78.7 cm³/mol. The smallest absolute Gasteiger partial charge is 0.404 e. The fraction of sp³-hybridized carbons (Fsp3) is 0.400. The van der Waals surface area contributed by atoms with Gasteiger partial charge in [0.1, 0.15) is 11.9 Å². The van der Waals surface area contributed by atoms with E-state index in [0.717, 1.165) is 0 Å². The Kier molecular flexibility index (Phi) is 5.84. The SMILES string of the molecule is NC(=O)OC(CC(=O)N1CCNC(=O)C1)Cc1cc(F)c(F)cc1F. The highest BCUT2D eigenvalue weighted by Crippen LogP contribution is 2.18. The van der Waals surface area contributed by atoms with Crippen LogP contribution in [0.2, 0.25) is 0 Å². The Bertz CT molecular complexity index is 699. The Morgan fingerprint density at radius 1 is 1.24 bits per heavy atom. The van der Waals surface area contributed by atoms with Crippen molar-refractivity contribution in [2.24, 2.45) is 5.73 Å². The number of piperazine rings is 1. The monoisotopic (exact) mass is 359 g/mol. The minimum Gasteiger partial charge on any atom is -0.445 e. The topological polar surface area (TPSA) is 102 Å². The van der Waals surface area contributed by atoms with E-state index in [2.05, 4.69) is 5.32 Å². The van der Waals surface area contributed by atoms with Gasteiger partial charge in [-0.05, 0) is 11.6 Å². The summed E-state index contributed by atoms with van der Waals surface area (Å²) >= 11 is 0. The number of hydrogen-bond acceptors (Lipinski definition) is 4. The van der Waals surface area contributed by atoms with E-state index in [-0.39, 0.29) is 43.9 Å². The van der Waals surface area contributed by atoms with E-state index in [1.54, 1.807) is 0 Å². The third-order valence-corrected chi connectivity index (χ3v) is 3.61. The first-order valence-electron chi connectivity index (χ1n) is 7.40. The van der Waals surface area contributed by atoms with Crippen LogP contribution in [0, 0.1) is 17.5 Å². The van der Waals surface area contributed by atoms with Crippen molar-refractivity contribution in [3.8, 4) is 0 Å². The molecule has 0 aromatic heterocycles. The van der Waals surface area contributed by atoms with Crippen LogP contribution in [0.25, 0.3) is 0 Å². The molecule has 7 nitrogen and oxygen atoms in total. The summed E-state index contributed by atoms with van der Waals surface area (Å²) in [6.45, 7) is 0.402. The fourth-order valence-corrected chi connectivity index (χ4v) is 2.46. The zero-order valence-corrected chi connectivity index (χ0v) is 13.1. The van der Waals surface area contributed by atoms with Gasteiger partial charge in [0.15, 0.2) is 11.6 Å². The summed E-state index contributed by atoms with van der Waals surface area (Å²) in [5.41, 5.74) is 4.67. The molecule has 1 aromatic rings. The molecule has 1 heterocycles. The van der Waals surface area contributed by atoms with Crippen molar-refractivity contribution in [2.75, 3.05) is 19.6 Å². The average molecular weight is 359 g/mol. The summed E-state index contributed by atoms with van der Waals surface area (Å²) in [7, 11) is 0. The van der Waals surface area contributed by atoms with E-state index >= 15 is 0 Å². The number of hydrogen-bond donors (Lipinski definition) is 2. The van der Waals surface area contributed by atoms with E-state index < -0.39 is 35.6 Å². The number of nitrogens with zero attached hydrogens (tertiary/aromatic N) is 1. The Labute approximate surface area is 140 Å². The van der Waals surface area contributed by atoms with E-state index in [4.69, 9.17) is 10.5 Å². The Morgan fingerprint density at radius 2 is 1.92 bits per heavy atom. The minimum atomic E-state index is -1.36. The van der Waals surface area contributed by atoms with E-state index in [0.29, 0.717) is 12.1 Å². The van der Waals surface area contributed by atoms with Crippen LogP contribution in [0.4, 0.5) is 18.0 Å². The first-order chi connectivity index (χ1) is 11.8. The molecule has 1 atom stereocenters. The molecule has 1 fully saturated rings. The summed E-state index contributed by atoms with van der Waals surface area (Å²) in [4.78, 5) is 35.8. The van der Waals surface area contributed by atoms with Crippen molar-refractivity contribution in [3.05, 3.63) is 35.1 Å². The first kappa shape index (κ1) is 18.6. The van der Waals surface area contributed by atoms with Crippen molar-refractivity contribution in [2.45, 2.75) is 18.9 Å². The molecule has 0 saturated carbocycles. The largest absolute Gasteiger partial charge is 0.445 e. The number of rotatable bonds is 5. The van der Waals surface area contributed by atoms with Gasteiger partial charge in [-0.15, -0.1) is 0 Å². The average Bonchev–Trinajstić information content (AvgIpc) is 2.52. The van der Waals surface area contributed by atoms with Crippen molar-refractivity contribution < 1.29 is 32.3 Å². The maximum atomic E-state index is 13.7. The lowest BCUT2D eigenvalue weighted by molar-refractivity contribution is -0.139. The zero-order valence-electron chi connectivity index (χ0n) is 13.1. The number of nitrogens with one attached hydrogen (secondary N) is 1. The lowest BCUT2D eigenvalue weighted by Gasteiger charge is -2.28. The lowest BCUT2D eigenvalue weighted by Crippen LogP contribution is -2.50. The number of ether oxygens (including phenoxy) is 1. The number of carbonyl (C=O) groups excluding carboxylic acids is 3. The van der Waals surface area contributed by atoms with Gasteiger partial charge in [0.05, 0.1) is 13.0 Å². The summed E-state index contributed by atoms with van der Waals surface area (Å²) in [6.07, 6.45) is -3.14. The summed E-state index contributed by atoms with van der Waals surface area (Å²) < 4.78 is 44.8. The minimum absolute atomic E-state index is 0.151. The number of benzene rings is 1. The van der Waals surface area contributed by atoms with Crippen LogP contribution in [0.5, 0.6) is 0 Å². The zero-order chi connectivity index (χ0) is 18.6. The van der Waals surface area contributed by atoms with Gasteiger partial charge >= 0.3 is 6.09 Å². The van der Waals surface area contributed by atoms with Crippen LogP contribution in [0.3, 0.4) is 0 Å². The third-order valence-electron chi connectivity index (χ3n) is 3.61. The number of amides is 3. The van der Waals surface area contributed by atoms with Crippen molar-refractivity contribution in [1.82, 2.24) is 10.2 Å². The molecule has 136 valence electrons. The van der Waals surface area contributed by atoms with Gasteiger partial charge < -0.3 is 20.7 Å². The predicted octanol–water partition coefficient (Wildman–Crippen LogP) is 0.459. The normalized spacial score (nSPS) is 15.5. The van der Waals surface area contributed by atoms with Gasteiger partial charge in [0, 0.05) is 25.6 Å². The Hall–Kier alpha value is -2.78. The second-order valence-corrected chi connectivity index (χ2v) is 5.49. The van der Waals surface area contributed by atoms with Gasteiger partial charge in [0.25, 0.3) is 0 Å². The van der Waals surface area contributed by atoms with Gasteiger partial charge in [-0.3, -0.25) is 9.59 Å². The molecule has 1 aromatic carbocycles.